The topological polar surface area (TPSA) is 37.3 Å². The molecule has 0 aromatic rings. The van der Waals surface area contributed by atoms with Crippen molar-refractivity contribution in [3.8, 4) is 0 Å². The smallest absolute Gasteiger partial charge is 0.303 e. The van der Waals surface area contributed by atoms with E-state index in [1.807, 2.05) is 6.08 Å². The summed E-state index contributed by atoms with van der Waals surface area (Å²) in [5.74, 6) is -0.662. The number of allylic oxidation sites excluding steroid dienone is 3. The highest BCUT2D eigenvalue weighted by molar-refractivity contribution is 5.66. The van der Waals surface area contributed by atoms with Crippen LogP contribution < -0.4 is 0 Å². The van der Waals surface area contributed by atoms with Gasteiger partial charge in [-0.1, -0.05) is 69.6 Å². The van der Waals surface area contributed by atoms with Gasteiger partial charge in [0.2, 0.25) is 0 Å². The second-order valence-electron chi connectivity index (χ2n) is 5.81. The van der Waals surface area contributed by atoms with E-state index in [9.17, 15) is 4.79 Å². The Morgan fingerprint density at radius 2 is 1.19 bits per heavy atom. The average molecular weight is 294 g/mol. The molecule has 0 heterocycles. The molecule has 0 spiro atoms. The third kappa shape index (κ3) is 18.9. The van der Waals surface area contributed by atoms with Crippen molar-refractivity contribution in [2.24, 2.45) is 0 Å². The summed E-state index contributed by atoms with van der Waals surface area (Å²) in [7, 11) is 0. The number of unbranched alkanes of at least 4 members (excludes halogenated alkanes) is 11. The molecule has 0 rings (SSSR count). The first-order valence-electron chi connectivity index (χ1n) is 8.75. The molecule has 0 saturated carbocycles. The summed E-state index contributed by atoms with van der Waals surface area (Å²) in [6, 6.07) is 0. The third-order valence-electron chi connectivity index (χ3n) is 3.72. The van der Waals surface area contributed by atoms with Gasteiger partial charge in [-0.25, -0.2) is 0 Å². The Morgan fingerprint density at radius 3 is 1.71 bits per heavy atom. The van der Waals surface area contributed by atoms with E-state index in [0.717, 1.165) is 25.7 Å². The molecule has 0 fully saturated rings. The van der Waals surface area contributed by atoms with Crippen LogP contribution in [-0.4, -0.2) is 11.1 Å². The van der Waals surface area contributed by atoms with Crippen molar-refractivity contribution >= 4 is 5.97 Å². The van der Waals surface area contributed by atoms with Crippen molar-refractivity contribution in [3.63, 3.8) is 0 Å². The van der Waals surface area contributed by atoms with Gasteiger partial charge in [0.1, 0.15) is 0 Å². The Balaban J connectivity index is 3.04. The maximum atomic E-state index is 10.3. The zero-order chi connectivity index (χ0) is 15.6. The molecule has 0 aliphatic carbocycles. The van der Waals surface area contributed by atoms with Gasteiger partial charge in [-0.15, -0.1) is 6.58 Å². The van der Waals surface area contributed by atoms with Crippen LogP contribution in [0.25, 0.3) is 0 Å². The lowest BCUT2D eigenvalue weighted by Gasteiger charge is -2.01. The monoisotopic (exact) mass is 294 g/mol. The number of carbonyl (C=O) groups is 1. The Morgan fingerprint density at radius 1 is 0.714 bits per heavy atom. The normalized spacial score (nSPS) is 11.0. The van der Waals surface area contributed by atoms with Gasteiger partial charge >= 0.3 is 5.97 Å². The molecule has 0 atom stereocenters. The summed E-state index contributed by atoms with van der Waals surface area (Å²) in [6.07, 6.45) is 22.8. The minimum atomic E-state index is -0.662. The van der Waals surface area contributed by atoms with E-state index >= 15 is 0 Å². The van der Waals surface area contributed by atoms with Crippen LogP contribution in [0.1, 0.15) is 89.9 Å². The number of rotatable bonds is 16. The van der Waals surface area contributed by atoms with Gasteiger partial charge in [0, 0.05) is 6.42 Å². The van der Waals surface area contributed by atoms with Crippen LogP contribution in [0.3, 0.4) is 0 Å². The van der Waals surface area contributed by atoms with Crippen LogP contribution in [-0.2, 0) is 4.79 Å². The maximum Gasteiger partial charge on any atom is 0.303 e. The lowest BCUT2D eigenvalue weighted by molar-refractivity contribution is -0.137. The summed E-state index contributed by atoms with van der Waals surface area (Å²) in [6.45, 7) is 3.71. The summed E-state index contributed by atoms with van der Waals surface area (Å²) in [5.41, 5.74) is 0. The van der Waals surface area contributed by atoms with Crippen molar-refractivity contribution in [2.45, 2.75) is 89.9 Å². The van der Waals surface area contributed by atoms with Gasteiger partial charge in [-0.2, -0.15) is 0 Å². The first-order chi connectivity index (χ1) is 10.3. The number of carboxylic acids is 1. The summed E-state index contributed by atoms with van der Waals surface area (Å²) in [4.78, 5) is 10.3. The standard InChI is InChI=1S/C19H34O2/c1-2-3-4-5-6-7-8-9-10-11-12-13-14-15-16-17-18-19(20)21/h2,5-6H,1,3-4,7-18H2,(H,20,21)/b6-5-. The second kappa shape index (κ2) is 17.0. The largest absolute Gasteiger partial charge is 0.481 e. The van der Waals surface area contributed by atoms with Crippen LogP contribution >= 0.6 is 0 Å². The molecule has 0 aromatic carbocycles. The van der Waals surface area contributed by atoms with Gasteiger partial charge in [-0.3, -0.25) is 4.79 Å². The van der Waals surface area contributed by atoms with E-state index in [4.69, 9.17) is 5.11 Å². The number of hydrogen-bond acceptors (Lipinski definition) is 1. The van der Waals surface area contributed by atoms with E-state index in [1.54, 1.807) is 0 Å². The molecule has 122 valence electrons. The van der Waals surface area contributed by atoms with E-state index in [2.05, 4.69) is 18.7 Å². The SMILES string of the molecule is C=CCC/C=C\CCCCCCCCCCCCC(=O)O. The maximum absolute atomic E-state index is 10.3. The molecule has 1 N–H and O–H groups in total. The molecular weight excluding hydrogens is 260 g/mol. The third-order valence-corrected chi connectivity index (χ3v) is 3.72. The zero-order valence-corrected chi connectivity index (χ0v) is 13.7. The lowest BCUT2D eigenvalue weighted by atomic mass is 10.1. The molecule has 0 amide bonds. The fourth-order valence-corrected chi connectivity index (χ4v) is 2.40. The van der Waals surface area contributed by atoms with Gasteiger partial charge in [0.05, 0.1) is 0 Å². The number of hydrogen-bond donors (Lipinski definition) is 1. The molecule has 0 bridgehead atoms. The highest BCUT2D eigenvalue weighted by Gasteiger charge is 1.96. The van der Waals surface area contributed by atoms with Gasteiger partial charge in [-0.05, 0) is 32.1 Å². The van der Waals surface area contributed by atoms with Crippen molar-refractivity contribution in [2.75, 3.05) is 0 Å². The summed E-state index contributed by atoms with van der Waals surface area (Å²) in [5, 5.41) is 8.52. The van der Waals surface area contributed by atoms with Gasteiger partial charge in [0.15, 0.2) is 0 Å². The number of carboxylic acid groups (broad SMARTS) is 1. The molecule has 0 saturated heterocycles. The average Bonchev–Trinajstić information content (AvgIpc) is 2.46. The molecule has 0 aromatic heterocycles. The van der Waals surface area contributed by atoms with E-state index < -0.39 is 5.97 Å². The van der Waals surface area contributed by atoms with Crippen molar-refractivity contribution < 1.29 is 9.90 Å². The van der Waals surface area contributed by atoms with Gasteiger partial charge in [0.25, 0.3) is 0 Å². The van der Waals surface area contributed by atoms with Crippen LogP contribution in [0.2, 0.25) is 0 Å². The highest BCUT2D eigenvalue weighted by atomic mass is 16.4. The fraction of sp³-hybridized carbons (Fsp3) is 0.737. The number of aliphatic carboxylic acids is 1. The van der Waals surface area contributed by atoms with E-state index in [-0.39, 0.29) is 0 Å². The first-order valence-corrected chi connectivity index (χ1v) is 8.75. The highest BCUT2D eigenvalue weighted by Crippen LogP contribution is 2.12. The molecule has 0 aliphatic heterocycles. The van der Waals surface area contributed by atoms with Crippen LogP contribution in [0.4, 0.5) is 0 Å². The van der Waals surface area contributed by atoms with E-state index in [1.165, 1.54) is 57.8 Å². The molecule has 2 nitrogen and oxygen atoms in total. The molecule has 2 heteroatoms. The van der Waals surface area contributed by atoms with Gasteiger partial charge < -0.3 is 5.11 Å². The van der Waals surface area contributed by atoms with Crippen molar-refractivity contribution in [1.29, 1.82) is 0 Å². The quantitative estimate of drug-likeness (QED) is 0.269. The van der Waals surface area contributed by atoms with Crippen molar-refractivity contribution in [1.82, 2.24) is 0 Å². The Hall–Kier alpha value is -1.05. The fourth-order valence-electron chi connectivity index (χ4n) is 2.40. The zero-order valence-electron chi connectivity index (χ0n) is 13.7. The molecule has 0 radical (unpaired) electrons. The Kier molecular flexibility index (Phi) is 16.2. The molecule has 21 heavy (non-hydrogen) atoms. The molecule has 0 unspecified atom stereocenters. The van der Waals surface area contributed by atoms with Crippen LogP contribution in [0, 0.1) is 0 Å². The van der Waals surface area contributed by atoms with Crippen molar-refractivity contribution in [3.05, 3.63) is 24.8 Å². The molecular formula is C19H34O2. The molecule has 0 aliphatic rings. The predicted octanol–water partition coefficient (Wildman–Crippen LogP) is 6.27. The second-order valence-corrected chi connectivity index (χ2v) is 5.81. The Labute approximate surface area is 131 Å². The lowest BCUT2D eigenvalue weighted by Crippen LogP contribution is -1.93. The Bertz CT molecular complexity index is 269. The minimum Gasteiger partial charge on any atom is -0.481 e. The van der Waals surface area contributed by atoms with E-state index in [0.29, 0.717) is 6.42 Å². The predicted molar refractivity (Wildman–Crippen MR) is 91.6 cm³/mol. The van der Waals surface area contributed by atoms with Crippen LogP contribution in [0.5, 0.6) is 0 Å². The summed E-state index contributed by atoms with van der Waals surface area (Å²) >= 11 is 0. The summed E-state index contributed by atoms with van der Waals surface area (Å²) < 4.78 is 0. The van der Waals surface area contributed by atoms with Crippen LogP contribution in [0.15, 0.2) is 24.8 Å². The minimum absolute atomic E-state index is 0.335. The first kappa shape index (κ1) is 19.9.